The fourth-order valence-electron chi connectivity index (χ4n) is 4.76. The van der Waals surface area contributed by atoms with Gasteiger partial charge >= 0.3 is 0 Å². The summed E-state index contributed by atoms with van der Waals surface area (Å²) < 4.78 is 0. The number of carbonyl (C=O) groups is 1. The zero-order valence-corrected chi connectivity index (χ0v) is 19.7. The number of carbonyl (C=O) groups excluding carboxylic acids is 1. The first-order chi connectivity index (χ1) is 17.7. The van der Waals surface area contributed by atoms with Crippen LogP contribution in [0.25, 0.3) is 22.2 Å². The Balaban J connectivity index is 0.00000168. The molecule has 4 N–H and O–H groups in total. The van der Waals surface area contributed by atoms with Crippen LogP contribution in [0.5, 0.6) is 0 Å². The number of fused-ring (bicyclic) bond motifs is 1. The quantitative estimate of drug-likeness (QED) is 0.305. The lowest BCUT2D eigenvalue weighted by molar-refractivity contribution is 0.103. The van der Waals surface area contributed by atoms with Gasteiger partial charge in [-0.25, -0.2) is 9.97 Å². The molecule has 7 heteroatoms. The fourth-order valence-corrected chi connectivity index (χ4v) is 4.76. The minimum absolute atomic E-state index is 0. The molecule has 36 heavy (non-hydrogen) atoms. The van der Waals surface area contributed by atoms with Crippen molar-refractivity contribution in [2.75, 3.05) is 30.3 Å². The third kappa shape index (κ3) is 4.21. The van der Waals surface area contributed by atoms with E-state index in [4.69, 9.17) is 10.7 Å². The number of aromatic amines is 1. The number of pyridine rings is 2. The van der Waals surface area contributed by atoms with E-state index in [9.17, 15) is 4.79 Å². The molecule has 0 bridgehead atoms. The van der Waals surface area contributed by atoms with Gasteiger partial charge in [0.1, 0.15) is 17.3 Å². The van der Waals surface area contributed by atoms with Gasteiger partial charge in [0.15, 0.2) is 0 Å². The van der Waals surface area contributed by atoms with Crippen molar-refractivity contribution in [2.24, 2.45) is 0 Å². The first kappa shape index (κ1) is 22.0. The molecule has 1 fully saturated rings. The average molecular weight is 479 g/mol. The molecule has 2 aromatic carbocycles. The monoisotopic (exact) mass is 478 g/mol. The van der Waals surface area contributed by atoms with Crippen LogP contribution in [0.3, 0.4) is 0 Å². The van der Waals surface area contributed by atoms with Gasteiger partial charge < -0.3 is 20.9 Å². The van der Waals surface area contributed by atoms with E-state index in [1.807, 2.05) is 48.5 Å². The standard InChI is InChI=1S/C29H26N6O.2H2/c30-29-22(15-21(17-32-29)25-16-20-9-4-5-10-23(20)33-25)28(36)24-11-6-12-27(34-24)35-14-13-31-26(18-35)19-7-2-1-3-8-19;;/h1-12,15-17,26,31,33H,13-14,18H2,(H2,30,32);2*1H. The Morgan fingerprint density at radius 3 is 2.69 bits per heavy atom. The van der Waals surface area contributed by atoms with Crippen molar-refractivity contribution in [3.8, 4) is 11.3 Å². The van der Waals surface area contributed by atoms with E-state index < -0.39 is 0 Å². The third-order valence-electron chi connectivity index (χ3n) is 6.67. The minimum atomic E-state index is -0.241. The first-order valence-corrected chi connectivity index (χ1v) is 12.0. The van der Waals surface area contributed by atoms with Gasteiger partial charge in [-0.05, 0) is 35.9 Å². The third-order valence-corrected chi connectivity index (χ3v) is 6.67. The molecule has 0 saturated carbocycles. The molecular formula is C29H30N6O. The summed E-state index contributed by atoms with van der Waals surface area (Å²) in [7, 11) is 0. The van der Waals surface area contributed by atoms with Crippen LogP contribution in [0, 0.1) is 0 Å². The second kappa shape index (κ2) is 9.28. The molecule has 0 spiro atoms. The summed E-state index contributed by atoms with van der Waals surface area (Å²) in [6.45, 7) is 2.42. The van der Waals surface area contributed by atoms with Gasteiger partial charge in [0.25, 0.3) is 0 Å². The summed E-state index contributed by atoms with van der Waals surface area (Å²) in [5, 5.41) is 4.67. The molecule has 3 aromatic heterocycles. The SMILES string of the molecule is Nc1ncc(-c2cc3ccccc3[nH]2)cc1C(=O)c1cccc(N2CCNC(c3ccccc3)C2)n1.[HH].[HH]. The molecule has 182 valence electrons. The predicted octanol–water partition coefficient (Wildman–Crippen LogP) is 5.08. The smallest absolute Gasteiger partial charge is 0.215 e. The van der Waals surface area contributed by atoms with Gasteiger partial charge in [-0.2, -0.15) is 0 Å². The number of para-hydroxylation sites is 1. The van der Waals surface area contributed by atoms with Gasteiger partial charge in [-0.3, -0.25) is 4.79 Å². The maximum absolute atomic E-state index is 13.5. The second-order valence-electron chi connectivity index (χ2n) is 9.00. The van der Waals surface area contributed by atoms with Crippen LogP contribution in [0.2, 0.25) is 0 Å². The van der Waals surface area contributed by atoms with Crippen LogP contribution in [-0.4, -0.2) is 40.4 Å². The molecule has 7 nitrogen and oxygen atoms in total. The van der Waals surface area contributed by atoms with Crippen LogP contribution in [0.1, 0.15) is 30.5 Å². The van der Waals surface area contributed by atoms with E-state index >= 15 is 0 Å². The van der Waals surface area contributed by atoms with E-state index in [-0.39, 0.29) is 20.5 Å². The van der Waals surface area contributed by atoms with E-state index in [1.54, 1.807) is 18.3 Å². The predicted molar refractivity (Wildman–Crippen MR) is 147 cm³/mol. The number of rotatable bonds is 5. The number of nitrogens with zero attached hydrogens (tertiary/aromatic N) is 3. The molecule has 0 radical (unpaired) electrons. The molecule has 1 atom stereocenters. The zero-order valence-electron chi connectivity index (χ0n) is 19.7. The number of ketones is 1. The van der Waals surface area contributed by atoms with E-state index in [1.165, 1.54) is 5.56 Å². The highest BCUT2D eigenvalue weighted by molar-refractivity contribution is 6.11. The molecular weight excluding hydrogens is 448 g/mol. The number of anilines is 2. The topological polar surface area (TPSA) is 99.9 Å². The maximum atomic E-state index is 13.5. The van der Waals surface area contributed by atoms with Crippen molar-refractivity contribution in [3.05, 3.63) is 108 Å². The normalized spacial score (nSPS) is 15.8. The number of H-pyrrole nitrogens is 1. The molecule has 0 amide bonds. The number of aromatic nitrogens is 3. The average Bonchev–Trinajstić information content (AvgIpc) is 3.38. The van der Waals surface area contributed by atoms with Crippen molar-refractivity contribution in [1.29, 1.82) is 0 Å². The minimum Gasteiger partial charge on any atom is -0.383 e. The van der Waals surface area contributed by atoms with Crippen molar-refractivity contribution in [3.63, 3.8) is 0 Å². The summed E-state index contributed by atoms with van der Waals surface area (Å²) in [5.41, 5.74) is 10.8. The summed E-state index contributed by atoms with van der Waals surface area (Å²) >= 11 is 0. The summed E-state index contributed by atoms with van der Waals surface area (Å²) in [5.74, 6) is 0.731. The van der Waals surface area contributed by atoms with E-state index in [2.05, 4.69) is 44.5 Å². The van der Waals surface area contributed by atoms with E-state index in [0.717, 1.165) is 47.6 Å². The Labute approximate surface area is 212 Å². The molecule has 1 aliphatic heterocycles. The number of nitrogens with one attached hydrogen (secondary N) is 2. The van der Waals surface area contributed by atoms with Crippen LogP contribution >= 0.6 is 0 Å². The Hall–Kier alpha value is -4.49. The maximum Gasteiger partial charge on any atom is 0.215 e. The van der Waals surface area contributed by atoms with Gasteiger partial charge in [0, 0.05) is 56.9 Å². The number of hydrogen-bond acceptors (Lipinski definition) is 6. The molecule has 4 heterocycles. The lowest BCUT2D eigenvalue weighted by Gasteiger charge is -2.35. The Morgan fingerprint density at radius 1 is 1.00 bits per heavy atom. The lowest BCUT2D eigenvalue weighted by atomic mass is 10.0. The number of nitrogen functional groups attached to an aromatic ring is 1. The number of hydrogen-bond donors (Lipinski definition) is 3. The Bertz CT molecular complexity index is 1520. The number of benzene rings is 2. The van der Waals surface area contributed by atoms with Crippen LogP contribution in [0.4, 0.5) is 11.6 Å². The summed E-state index contributed by atoms with van der Waals surface area (Å²) in [4.78, 5) is 28.2. The highest BCUT2D eigenvalue weighted by Crippen LogP contribution is 2.27. The van der Waals surface area contributed by atoms with E-state index in [0.29, 0.717) is 11.3 Å². The second-order valence-corrected chi connectivity index (χ2v) is 9.00. The molecule has 1 unspecified atom stereocenters. The number of nitrogens with two attached hydrogens (primary N) is 1. The van der Waals surface area contributed by atoms with Crippen LogP contribution in [-0.2, 0) is 0 Å². The zero-order chi connectivity index (χ0) is 24.5. The fraction of sp³-hybridized carbons (Fsp3) is 0.138. The molecule has 1 saturated heterocycles. The number of piperazine rings is 1. The van der Waals surface area contributed by atoms with Crippen LogP contribution in [0.15, 0.2) is 91.1 Å². The van der Waals surface area contributed by atoms with Gasteiger partial charge in [0.2, 0.25) is 5.78 Å². The summed E-state index contributed by atoms with van der Waals surface area (Å²) in [6, 6.07) is 28.0. The van der Waals surface area contributed by atoms with Gasteiger partial charge in [-0.15, -0.1) is 0 Å². The van der Waals surface area contributed by atoms with Gasteiger partial charge in [-0.1, -0.05) is 54.6 Å². The Morgan fingerprint density at radius 2 is 1.83 bits per heavy atom. The molecule has 5 aromatic rings. The van der Waals surface area contributed by atoms with Crippen molar-refractivity contribution in [1.82, 2.24) is 20.3 Å². The van der Waals surface area contributed by atoms with Crippen LogP contribution < -0.4 is 16.0 Å². The first-order valence-electron chi connectivity index (χ1n) is 12.0. The highest BCUT2D eigenvalue weighted by atomic mass is 16.1. The van der Waals surface area contributed by atoms with Crippen molar-refractivity contribution in [2.45, 2.75) is 6.04 Å². The summed E-state index contributed by atoms with van der Waals surface area (Å²) in [6.07, 6.45) is 1.69. The molecule has 1 aliphatic rings. The molecule has 6 rings (SSSR count). The lowest BCUT2D eigenvalue weighted by Crippen LogP contribution is -2.46. The highest BCUT2D eigenvalue weighted by Gasteiger charge is 2.23. The Kier molecular flexibility index (Phi) is 5.67. The largest absolute Gasteiger partial charge is 0.383 e. The molecule has 0 aliphatic carbocycles. The van der Waals surface area contributed by atoms with Crippen molar-refractivity contribution >= 4 is 28.3 Å². The van der Waals surface area contributed by atoms with Gasteiger partial charge in [0.05, 0.1) is 5.56 Å². The van der Waals surface area contributed by atoms with Crippen molar-refractivity contribution < 1.29 is 7.65 Å².